The van der Waals surface area contributed by atoms with Gasteiger partial charge in [-0.2, -0.15) is 4.68 Å². The first kappa shape index (κ1) is 16.3. The highest BCUT2D eigenvalue weighted by Gasteiger charge is 2.10. The Hall–Kier alpha value is -1.57. The standard InChI is InChI=1S/C15H12BrClN4OS/c1-22-14-7-2-10(8-13(14)16)9-23-15-18-19-20-21(15)12-5-3-11(17)4-6-12/h2-8H,9H2,1H3. The van der Waals surface area contributed by atoms with Gasteiger partial charge in [-0.3, -0.25) is 0 Å². The number of rotatable bonds is 5. The first-order valence-corrected chi connectivity index (χ1v) is 8.82. The Morgan fingerprint density at radius 3 is 2.70 bits per heavy atom. The molecule has 8 heteroatoms. The average molecular weight is 412 g/mol. The maximum Gasteiger partial charge on any atom is 0.214 e. The zero-order chi connectivity index (χ0) is 16.2. The molecular formula is C15H12BrClN4OS. The zero-order valence-corrected chi connectivity index (χ0v) is 15.3. The van der Waals surface area contributed by atoms with E-state index < -0.39 is 0 Å². The van der Waals surface area contributed by atoms with Gasteiger partial charge in [0.1, 0.15) is 5.75 Å². The van der Waals surface area contributed by atoms with E-state index in [1.807, 2.05) is 42.5 Å². The Bertz CT molecular complexity index is 809. The third-order valence-corrected chi connectivity index (χ3v) is 4.96. The summed E-state index contributed by atoms with van der Waals surface area (Å²) < 4.78 is 7.86. The second-order valence-corrected chi connectivity index (χ2v) is 6.84. The lowest BCUT2D eigenvalue weighted by Crippen LogP contribution is -1.98. The van der Waals surface area contributed by atoms with E-state index in [9.17, 15) is 0 Å². The quantitative estimate of drug-likeness (QED) is 0.583. The molecule has 0 unspecified atom stereocenters. The molecule has 0 amide bonds. The Kier molecular flexibility index (Phi) is 5.20. The second kappa shape index (κ2) is 7.33. The van der Waals surface area contributed by atoms with E-state index >= 15 is 0 Å². The fourth-order valence-corrected chi connectivity index (χ4v) is 3.51. The van der Waals surface area contributed by atoms with E-state index in [1.54, 1.807) is 23.6 Å². The highest BCUT2D eigenvalue weighted by Crippen LogP contribution is 2.29. The molecule has 0 N–H and O–H groups in total. The number of hydrogen-bond donors (Lipinski definition) is 0. The van der Waals surface area contributed by atoms with Crippen LogP contribution < -0.4 is 4.74 Å². The van der Waals surface area contributed by atoms with Crippen LogP contribution in [-0.4, -0.2) is 27.3 Å². The molecule has 2 aromatic carbocycles. The van der Waals surface area contributed by atoms with Crippen molar-refractivity contribution in [1.82, 2.24) is 20.2 Å². The summed E-state index contributed by atoms with van der Waals surface area (Å²) in [4.78, 5) is 0. The number of thioether (sulfide) groups is 1. The van der Waals surface area contributed by atoms with Gasteiger partial charge >= 0.3 is 0 Å². The minimum Gasteiger partial charge on any atom is -0.496 e. The molecule has 1 heterocycles. The van der Waals surface area contributed by atoms with Crippen LogP contribution >= 0.6 is 39.3 Å². The monoisotopic (exact) mass is 410 g/mol. The van der Waals surface area contributed by atoms with Gasteiger partial charge in [0, 0.05) is 10.8 Å². The highest BCUT2D eigenvalue weighted by atomic mass is 79.9. The summed E-state index contributed by atoms with van der Waals surface area (Å²) in [6.45, 7) is 0. The summed E-state index contributed by atoms with van der Waals surface area (Å²) in [6.07, 6.45) is 0. The fourth-order valence-electron chi connectivity index (χ4n) is 1.96. The summed E-state index contributed by atoms with van der Waals surface area (Å²) in [5.74, 6) is 1.56. The second-order valence-electron chi connectivity index (χ2n) is 4.61. The van der Waals surface area contributed by atoms with E-state index in [-0.39, 0.29) is 0 Å². The first-order chi connectivity index (χ1) is 11.2. The molecular weight excluding hydrogens is 400 g/mol. The summed E-state index contributed by atoms with van der Waals surface area (Å²) in [6, 6.07) is 13.4. The number of hydrogen-bond acceptors (Lipinski definition) is 5. The van der Waals surface area contributed by atoms with Gasteiger partial charge in [0.05, 0.1) is 17.3 Å². The number of aromatic nitrogens is 4. The SMILES string of the molecule is COc1ccc(CSc2nnnn2-c2ccc(Cl)cc2)cc1Br. The van der Waals surface area contributed by atoms with E-state index in [1.165, 1.54) is 0 Å². The Morgan fingerprint density at radius 1 is 1.22 bits per heavy atom. The molecule has 118 valence electrons. The van der Waals surface area contributed by atoms with Crippen molar-refractivity contribution >= 4 is 39.3 Å². The number of nitrogens with zero attached hydrogens (tertiary/aromatic N) is 4. The number of benzene rings is 2. The van der Waals surface area contributed by atoms with Gasteiger partial charge in [-0.25, -0.2) is 0 Å². The van der Waals surface area contributed by atoms with Gasteiger partial charge in [-0.1, -0.05) is 29.4 Å². The van der Waals surface area contributed by atoms with Crippen LogP contribution in [0.4, 0.5) is 0 Å². The molecule has 0 aliphatic heterocycles. The van der Waals surface area contributed by atoms with Gasteiger partial charge in [0.15, 0.2) is 0 Å². The Balaban J connectivity index is 1.76. The number of ether oxygens (including phenoxy) is 1. The summed E-state index contributed by atoms with van der Waals surface area (Å²) in [5.41, 5.74) is 2.02. The van der Waals surface area contributed by atoms with Crippen molar-refractivity contribution in [1.29, 1.82) is 0 Å². The minimum atomic E-state index is 0.680. The topological polar surface area (TPSA) is 52.8 Å². The fraction of sp³-hybridized carbons (Fsp3) is 0.133. The maximum absolute atomic E-state index is 5.91. The normalized spacial score (nSPS) is 10.7. The van der Waals surface area contributed by atoms with E-state index in [0.29, 0.717) is 5.02 Å². The van der Waals surface area contributed by atoms with Crippen LogP contribution in [0, 0.1) is 0 Å². The molecule has 1 aromatic heterocycles. The maximum atomic E-state index is 5.91. The van der Waals surface area contributed by atoms with Gasteiger partial charge in [-0.05, 0) is 68.3 Å². The Labute approximate surface area is 151 Å². The molecule has 0 atom stereocenters. The molecule has 0 saturated heterocycles. The van der Waals surface area contributed by atoms with Gasteiger partial charge < -0.3 is 4.74 Å². The lowest BCUT2D eigenvalue weighted by Gasteiger charge is -2.07. The lowest BCUT2D eigenvalue weighted by molar-refractivity contribution is 0.412. The summed E-state index contributed by atoms with van der Waals surface area (Å²) in [5, 5.41) is 13.3. The van der Waals surface area contributed by atoms with Crippen molar-refractivity contribution in [2.45, 2.75) is 10.9 Å². The van der Waals surface area contributed by atoms with Gasteiger partial charge in [0.2, 0.25) is 5.16 Å². The Morgan fingerprint density at radius 2 is 2.00 bits per heavy atom. The van der Waals surface area contributed by atoms with E-state index in [0.717, 1.165) is 32.4 Å². The third-order valence-electron chi connectivity index (χ3n) is 3.10. The molecule has 0 saturated carbocycles. The van der Waals surface area contributed by atoms with Crippen molar-refractivity contribution in [3.05, 3.63) is 57.5 Å². The van der Waals surface area contributed by atoms with Crippen molar-refractivity contribution in [2.75, 3.05) is 7.11 Å². The van der Waals surface area contributed by atoms with E-state index in [4.69, 9.17) is 16.3 Å². The molecule has 0 spiro atoms. The minimum absolute atomic E-state index is 0.680. The predicted molar refractivity (Wildman–Crippen MR) is 94.4 cm³/mol. The van der Waals surface area contributed by atoms with Crippen LogP contribution in [0.25, 0.3) is 5.69 Å². The first-order valence-electron chi connectivity index (χ1n) is 6.67. The predicted octanol–water partition coefficient (Wildman–Crippen LogP) is 4.38. The molecule has 3 rings (SSSR count). The molecule has 5 nitrogen and oxygen atoms in total. The van der Waals surface area contributed by atoms with Gasteiger partial charge in [0.25, 0.3) is 0 Å². The summed E-state index contributed by atoms with van der Waals surface area (Å²) >= 11 is 11.0. The molecule has 0 fully saturated rings. The van der Waals surface area contributed by atoms with Crippen LogP contribution in [0.15, 0.2) is 52.1 Å². The third kappa shape index (κ3) is 3.85. The van der Waals surface area contributed by atoms with Crippen molar-refractivity contribution < 1.29 is 4.74 Å². The highest BCUT2D eigenvalue weighted by molar-refractivity contribution is 9.10. The molecule has 3 aromatic rings. The number of tetrazole rings is 1. The number of halogens is 2. The average Bonchev–Trinajstić information content (AvgIpc) is 3.02. The molecule has 0 aliphatic carbocycles. The molecule has 0 radical (unpaired) electrons. The van der Waals surface area contributed by atoms with Crippen LogP contribution in [0.1, 0.15) is 5.56 Å². The van der Waals surface area contributed by atoms with Crippen molar-refractivity contribution in [2.24, 2.45) is 0 Å². The van der Waals surface area contributed by atoms with E-state index in [2.05, 4.69) is 31.5 Å². The lowest BCUT2D eigenvalue weighted by atomic mass is 10.2. The van der Waals surface area contributed by atoms with Crippen molar-refractivity contribution in [3.63, 3.8) is 0 Å². The molecule has 0 bridgehead atoms. The zero-order valence-electron chi connectivity index (χ0n) is 12.1. The summed E-state index contributed by atoms with van der Waals surface area (Å²) in [7, 11) is 1.65. The smallest absolute Gasteiger partial charge is 0.214 e. The largest absolute Gasteiger partial charge is 0.496 e. The molecule has 0 aliphatic rings. The van der Waals surface area contributed by atoms with Crippen LogP contribution in [0.3, 0.4) is 0 Å². The molecule has 23 heavy (non-hydrogen) atoms. The van der Waals surface area contributed by atoms with Crippen LogP contribution in [0.2, 0.25) is 5.02 Å². The van der Waals surface area contributed by atoms with Gasteiger partial charge in [-0.15, -0.1) is 5.10 Å². The van der Waals surface area contributed by atoms with Crippen LogP contribution in [0.5, 0.6) is 5.75 Å². The number of methoxy groups -OCH3 is 1. The van der Waals surface area contributed by atoms with Crippen LogP contribution in [-0.2, 0) is 5.75 Å². The van der Waals surface area contributed by atoms with Crippen molar-refractivity contribution in [3.8, 4) is 11.4 Å².